The van der Waals surface area contributed by atoms with Crippen molar-refractivity contribution in [1.29, 1.82) is 0 Å². The van der Waals surface area contributed by atoms with Crippen molar-refractivity contribution >= 4 is 15.9 Å². The second-order valence-corrected chi connectivity index (χ2v) is 3.28. The number of methoxy groups -OCH3 is 1. The normalized spacial score (nSPS) is 9.69. The van der Waals surface area contributed by atoms with E-state index in [4.69, 9.17) is 4.74 Å². The monoisotopic (exact) mass is 245 g/mol. The van der Waals surface area contributed by atoms with Crippen molar-refractivity contribution in [3.8, 4) is 5.75 Å². The van der Waals surface area contributed by atoms with Crippen molar-refractivity contribution in [3.05, 3.63) is 38.3 Å². The molecule has 1 rings (SSSR count). The Morgan fingerprint density at radius 2 is 2.31 bits per heavy atom. The van der Waals surface area contributed by atoms with Crippen LogP contribution in [0.1, 0.15) is 5.56 Å². The average molecular weight is 246 g/mol. The molecule has 70 valence electrons. The van der Waals surface area contributed by atoms with Crippen LogP contribution in [-0.4, -0.2) is 12.0 Å². The molecule has 4 nitrogen and oxygen atoms in total. The number of ether oxygens (including phenoxy) is 1. The molecular weight excluding hydrogens is 238 g/mol. The maximum absolute atomic E-state index is 10.3. The molecule has 0 aliphatic carbocycles. The lowest BCUT2D eigenvalue weighted by molar-refractivity contribution is -0.496. The Bertz CT molecular complexity index is 327. The number of hydrogen-bond donors (Lipinski definition) is 0. The summed E-state index contributed by atoms with van der Waals surface area (Å²) in [5.74, 6) is 0.527. The third-order valence-corrected chi connectivity index (χ3v) is 2.18. The smallest absolute Gasteiger partial charge is 0.232 e. The first-order valence-corrected chi connectivity index (χ1v) is 4.37. The highest BCUT2D eigenvalue weighted by atomic mass is 79.9. The van der Waals surface area contributed by atoms with E-state index in [1.54, 1.807) is 18.2 Å². The van der Waals surface area contributed by atoms with Crippen LogP contribution in [0.3, 0.4) is 0 Å². The summed E-state index contributed by atoms with van der Waals surface area (Å²) in [4.78, 5) is 9.90. The van der Waals surface area contributed by atoms with Gasteiger partial charge in [-0.05, 0) is 28.1 Å². The second kappa shape index (κ2) is 4.23. The van der Waals surface area contributed by atoms with Crippen molar-refractivity contribution in [2.75, 3.05) is 7.11 Å². The SMILES string of the molecule is COc1c(Br)cccc1C[N+](=O)[O-]. The Labute approximate surface area is 83.8 Å². The summed E-state index contributed by atoms with van der Waals surface area (Å²) in [6.07, 6.45) is 0. The lowest BCUT2D eigenvalue weighted by Gasteiger charge is -2.06. The minimum Gasteiger partial charge on any atom is -0.495 e. The summed E-state index contributed by atoms with van der Waals surface area (Å²) in [5, 5.41) is 10.3. The van der Waals surface area contributed by atoms with Crippen molar-refractivity contribution in [3.63, 3.8) is 0 Å². The summed E-state index contributed by atoms with van der Waals surface area (Å²) in [7, 11) is 1.49. The maximum atomic E-state index is 10.3. The minimum absolute atomic E-state index is 0.220. The molecule has 13 heavy (non-hydrogen) atoms. The van der Waals surface area contributed by atoms with Gasteiger partial charge in [-0.15, -0.1) is 0 Å². The number of para-hydroxylation sites is 1. The van der Waals surface area contributed by atoms with Gasteiger partial charge in [-0.2, -0.15) is 0 Å². The van der Waals surface area contributed by atoms with Crippen LogP contribution in [0.15, 0.2) is 22.7 Å². The van der Waals surface area contributed by atoms with Gasteiger partial charge in [0.15, 0.2) is 0 Å². The van der Waals surface area contributed by atoms with Crippen molar-refractivity contribution in [1.82, 2.24) is 0 Å². The first kappa shape index (κ1) is 9.98. The standard InChI is InChI=1S/C8H8BrNO3/c1-13-8-6(5-10(11)12)3-2-4-7(8)9/h2-4H,5H2,1H3. The molecular formula is C8H8BrNO3. The van der Waals surface area contributed by atoms with E-state index in [0.29, 0.717) is 11.3 Å². The van der Waals surface area contributed by atoms with Crippen LogP contribution in [-0.2, 0) is 6.54 Å². The van der Waals surface area contributed by atoms with Gasteiger partial charge in [-0.3, -0.25) is 10.1 Å². The van der Waals surface area contributed by atoms with Gasteiger partial charge in [0.25, 0.3) is 0 Å². The first-order chi connectivity index (χ1) is 6.15. The highest BCUT2D eigenvalue weighted by Gasteiger charge is 2.10. The summed E-state index contributed by atoms with van der Waals surface area (Å²) in [6.45, 7) is -0.220. The summed E-state index contributed by atoms with van der Waals surface area (Å²) in [6, 6.07) is 5.19. The van der Waals surface area contributed by atoms with Crippen LogP contribution in [0, 0.1) is 10.1 Å². The predicted molar refractivity (Wildman–Crippen MR) is 51.4 cm³/mol. The number of hydrogen-bond acceptors (Lipinski definition) is 3. The molecule has 1 aromatic rings. The lowest BCUT2D eigenvalue weighted by atomic mass is 10.2. The van der Waals surface area contributed by atoms with Crippen LogP contribution < -0.4 is 4.74 Å². The molecule has 1 aromatic carbocycles. The third kappa shape index (κ3) is 2.42. The predicted octanol–water partition coefficient (Wildman–Crippen LogP) is 2.23. The van der Waals surface area contributed by atoms with Gasteiger partial charge < -0.3 is 4.74 Å². The van der Waals surface area contributed by atoms with Gasteiger partial charge in [-0.25, -0.2) is 0 Å². The molecule has 0 saturated heterocycles. The molecule has 0 radical (unpaired) electrons. The van der Waals surface area contributed by atoms with Crippen molar-refractivity contribution < 1.29 is 9.66 Å². The van der Waals surface area contributed by atoms with Gasteiger partial charge >= 0.3 is 0 Å². The van der Waals surface area contributed by atoms with E-state index in [1.165, 1.54) is 7.11 Å². The third-order valence-electron chi connectivity index (χ3n) is 1.55. The number of rotatable bonds is 3. The van der Waals surface area contributed by atoms with E-state index in [1.807, 2.05) is 0 Å². The lowest BCUT2D eigenvalue weighted by Crippen LogP contribution is -2.01. The fourth-order valence-corrected chi connectivity index (χ4v) is 1.61. The average Bonchev–Trinajstić information content (AvgIpc) is 2.03. The Morgan fingerprint density at radius 3 is 2.85 bits per heavy atom. The zero-order chi connectivity index (χ0) is 9.84. The fourth-order valence-electron chi connectivity index (χ4n) is 1.05. The highest BCUT2D eigenvalue weighted by molar-refractivity contribution is 9.10. The Balaban J connectivity index is 3.05. The molecule has 0 bridgehead atoms. The first-order valence-electron chi connectivity index (χ1n) is 3.58. The molecule has 0 spiro atoms. The molecule has 0 saturated carbocycles. The number of benzene rings is 1. The van der Waals surface area contributed by atoms with E-state index >= 15 is 0 Å². The van der Waals surface area contributed by atoms with Gasteiger partial charge in [-0.1, -0.05) is 6.07 Å². The summed E-state index contributed by atoms with van der Waals surface area (Å²) < 4.78 is 5.76. The molecule has 0 aromatic heterocycles. The van der Waals surface area contributed by atoms with E-state index in [9.17, 15) is 10.1 Å². The van der Waals surface area contributed by atoms with Crippen molar-refractivity contribution in [2.24, 2.45) is 0 Å². The zero-order valence-corrected chi connectivity index (χ0v) is 8.58. The molecule has 0 atom stereocenters. The van der Waals surface area contributed by atoms with Gasteiger partial charge in [0.2, 0.25) is 6.54 Å². The van der Waals surface area contributed by atoms with Crippen LogP contribution in [0.4, 0.5) is 0 Å². The van der Waals surface area contributed by atoms with E-state index in [2.05, 4.69) is 15.9 Å². The van der Waals surface area contributed by atoms with E-state index in [-0.39, 0.29) is 11.5 Å². The molecule has 0 N–H and O–H groups in total. The second-order valence-electron chi connectivity index (χ2n) is 2.42. The molecule has 0 aliphatic heterocycles. The number of halogens is 1. The fraction of sp³-hybridized carbons (Fsp3) is 0.250. The summed E-state index contributed by atoms with van der Waals surface area (Å²) >= 11 is 3.25. The van der Waals surface area contributed by atoms with Gasteiger partial charge in [0.1, 0.15) is 5.75 Å². The molecule has 5 heteroatoms. The van der Waals surface area contributed by atoms with Gasteiger partial charge in [0, 0.05) is 4.92 Å². The Kier molecular flexibility index (Phi) is 3.25. The van der Waals surface area contributed by atoms with Gasteiger partial charge in [0.05, 0.1) is 17.1 Å². The minimum atomic E-state index is -0.385. The Morgan fingerprint density at radius 1 is 1.62 bits per heavy atom. The van der Waals surface area contributed by atoms with E-state index in [0.717, 1.165) is 4.47 Å². The molecule has 0 fully saturated rings. The molecule has 0 aliphatic rings. The number of nitro groups is 1. The maximum Gasteiger partial charge on any atom is 0.232 e. The molecule has 0 amide bonds. The van der Waals surface area contributed by atoms with Crippen LogP contribution in [0.25, 0.3) is 0 Å². The largest absolute Gasteiger partial charge is 0.495 e. The van der Waals surface area contributed by atoms with E-state index < -0.39 is 0 Å². The molecule has 0 unspecified atom stereocenters. The summed E-state index contributed by atoms with van der Waals surface area (Å²) in [5.41, 5.74) is 0.571. The molecule has 0 heterocycles. The topological polar surface area (TPSA) is 52.4 Å². The quantitative estimate of drug-likeness (QED) is 0.607. The Hall–Kier alpha value is -1.10. The van der Waals surface area contributed by atoms with Crippen LogP contribution in [0.2, 0.25) is 0 Å². The zero-order valence-electron chi connectivity index (χ0n) is 6.99. The highest BCUT2D eigenvalue weighted by Crippen LogP contribution is 2.28. The van der Waals surface area contributed by atoms with Crippen LogP contribution >= 0.6 is 15.9 Å². The number of nitrogens with zero attached hydrogens (tertiary/aromatic N) is 1. The van der Waals surface area contributed by atoms with Crippen molar-refractivity contribution in [2.45, 2.75) is 6.54 Å². The van der Waals surface area contributed by atoms with Crippen LogP contribution in [0.5, 0.6) is 5.75 Å².